The molecule has 6 heteroatoms. The number of ether oxygens (including phenoxy) is 1. The first kappa shape index (κ1) is 15.5. The van der Waals surface area contributed by atoms with Crippen molar-refractivity contribution in [2.75, 3.05) is 6.61 Å². The molecule has 6 nitrogen and oxygen atoms in total. The Morgan fingerprint density at radius 3 is 2.41 bits per heavy atom. The van der Waals surface area contributed by atoms with Gasteiger partial charge in [-0.1, -0.05) is 30.3 Å². The molecule has 2 rings (SSSR count). The zero-order chi connectivity index (χ0) is 15.9. The molecule has 0 aromatic heterocycles. The Hall–Kier alpha value is -2.89. The fourth-order valence-electron chi connectivity index (χ4n) is 1.92. The van der Waals surface area contributed by atoms with E-state index in [1.807, 2.05) is 37.3 Å². The van der Waals surface area contributed by atoms with Crippen molar-refractivity contribution >= 4 is 11.6 Å². The molecular formula is C16H16N2O4. The maximum absolute atomic E-state index is 11.8. The quantitative estimate of drug-likeness (QED) is 0.657. The van der Waals surface area contributed by atoms with Crippen molar-refractivity contribution in [3.63, 3.8) is 0 Å². The van der Waals surface area contributed by atoms with Crippen molar-refractivity contribution in [3.8, 4) is 5.75 Å². The van der Waals surface area contributed by atoms with Gasteiger partial charge in [-0.3, -0.25) is 14.9 Å². The Balaban J connectivity index is 1.83. The van der Waals surface area contributed by atoms with Crippen LogP contribution < -0.4 is 10.1 Å². The molecule has 0 fully saturated rings. The number of nitro benzene ring substituents is 1. The third kappa shape index (κ3) is 4.31. The molecule has 0 aliphatic rings. The molecule has 1 atom stereocenters. The molecule has 0 radical (unpaired) electrons. The van der Waals surface area contributed by atoms with Crippen LogP contribution in [0.15, 0.2) is 54.6 Å². The van der Waals surface area contributed by atoms with Gasteiger partial charge in [0.2, 0.25) is 0 Å². The van der Waals surface area contributed by atoms with Gasteiger partial charge in [-0.2, -0.15) is 0 Å². The van der Waals surface area contributed by atoms with Crippen LogP contribution in [-0.4, -0.2) is 17.4 Å². The number of nitrogens with zero attached hydrogens (tertiary/aromatic N) is 1. The molecule has 0 heterocycles. The summed E-state index contributed by atoms with van der Waals surface area (Å²) in [5, 5.41) is 13.4. The van der Waals surface area contributed by atoms with Gasteiger partial charge in [0.1, 0.15) is 5.75 Å². The Bertz CT molecular complexity index is 641. The highest BCUT2D eigenvalue weighted by Gasteiger charge is 2.10. The van der Waals surface area contributed by atoms with Crippen molar-refractivity contribution < 1.29 is 14.5 Å². The molecule has 0 aliphatic carbocycles. The molecule has 22 heavy (non-hydrogen) atoms. The topological polar surface area (TPSA) is 81.5 Å². The van der Waals surface area contributed by atoms with E-state index >= 15 is 0 Å². The summed E-state index contributed by atoms with van der Waals surface area (Å²) in [6, 6.07) is 15.1. The van der Waals surface area contributed by atoms with E-state index in [4.69, 9.17) is 4.74 Å². The fraction of sp³-hybridized carbons (Fsp3) is 0.188. The molecule has 0 aliphatic heterocycles. The zero-order valence-corrected chi connectivity index (χ0v) is 12.1. The zero-order valence-electron chi connectivity index (χ0n) is 12.1. The van der Waals surface area contributed by atoms with Gasteiger partial charge in [-0.25, -0.2) is 0 Å². The van der Waals surface area contributed by atoms with Crippen molar-refractivity contribution in [3.05, 3.63) is 70.3 Å². The van der Waals surface area contributed by atoms with Gasteiger partial charge in [-0.15, -0.1) is 0 Å². The first-order chi connectivity index (χ1) is 10.6. The van der Waals surface area contributed by atoms with Gasteiger partial charge in [0.25, 0.3) is 11.6 Å². The molecular weight excluding hydrogens is 284 g/mol. The lowest BCUT2D eigenvalue weighted by Gasteiger charge is -2.14. The van der Waals surface area contributed by atoms with Crippen LogP contribution in [0.3, 0.4) is 0 Å². The summed E-state index contributed by atoms with van der Waals surface area (Å²) in [7, 11) is 0. The molecule has 0 saturated heterocycles. The van der Waals surface area contributed by atoms with Gasteiger partial charge in [0.05, 0.1) is 11.0 Å². The summed E-state index contributed by atoms with van der Waals surface area (Å²) in [6.45, 7) is 1.74. The minimum absolute atomic E-state index is 0.0190. The summed E-state index contributed by atoms with van der Waals surface area (Å²) >= 11 is 0. The summed E-state index contributed by atoms with van der Waals surface area (Å²) < 4.78 is 5.30. The van der Waals surface area contributed by atoms with E-state index in [9.17, 15) is 14.9 Å². The Labute approximate surface area is 127 Å². The Kier molecular flexibility index (Phi) is 5.08. The number of hydrogen-bond acceptors (Lipinski definition) is 4. The van der Waals surface area contributed by atoms with Crippen LogP contribution in [0.1, 0.15) is 18.5 Å². The summed E-state index contributed by atoms with van der Waals surface area (Å²) in [4.78, 5) is 21.9. The molecule has 0 spiro atoms. The molecule has 114 valence electrons. The monoisotopic (exact) mass is 300 g/mol. The Morgan fingerprint density at radius 1 is 1.18 bits per heavy atom. The number of hydrogen-bond donors (Lipinski definition) is 1. The van der Waals surface area contributed by atoms with Gasteiger partial charge >= 0.3 is 0 Å². The number of carbonyl (C=O) groups is 1. The van der Waals surface area contributed by atoms with Crippen molar-refractivity contribution in [2.24, 2.45) is 0 Å². The van der Waals surface area contributed by atoms with Gasteiger partial charge < -0.3 is 10.1 Å². The standard InChI is InChI=1S/C16H16N2O4/c1-12(13-5-3-2-4-6-13)17-16(19)11-22-15-9-7-14(8-10-15)18(20)21/h2-10,12H,11H2,1H3,(H,17,19)/t12-/m1/s1. The van der Waals surface area contributed by atoms with Crippen LogP contribution in [0.5, 0.6) is 5.75 Å². The molecule has 1 N–H and O–H groups in total. The second kappa shape index (κ2) is 7.21. The summed E-state index contributed by atoms with van der Waals surface area (Å²) in [5.74, 6) is 0.155. The number of non-ortho nitro benzene ring substituents is 1. The van der Waals surface area contributed by atoms with Gasteiger partial charge in [-0.05, 0) is 24.6 Å². The van der Waals surface area contributed by atoms with Crippen LogP contribution in [0.2, 0.25) is 0 Å². The van der Waals surface area contributed by atoms with E-state index in [2.05, 4.69) is 5.32 Å². The summed E-state index contributed by atoms with van der Waals surface area (Å²) in [6.07, 6.45) is 0. The van der Waals surface area contributed by atoms with Crippen LogP contribution in [0.25, 0.3) is 0 Å². The van der Waals surface area contributed by atoms with E-state index in [1.54, 1.807) is 0 Å². The van der Waals surface area contributed by atoms with Crippen LogP contribution in [0.4, 0.5) is 5.69 Å². The van der Waals surface area contributed by atoms with Crippen LogP contribution in [-0.2, 0) is 4.79 Å². The van der Waals surface area contributed by atoms with E-state index in [-0.39, 0.29) is 24.2 Å². The highest BCUT2D eigenvalue weighted by Crippen LogP contribution is 2.17. The molecule has 1 amide bonds. The van der Waals surface area contributed by atoms with Crippen molar-refractivity contribution in [2.45, 2.75) is 13.0 Å². The molecule has 0 unspecified atom stereocenters. The molecule has 2 aromatic carbocycles. The first-order valence-electron chi connectivity index (χ1n) is 6.78. The lowest BCUT2D eigenvalue weighted by Crippen LogP contribution is -2.31. The number of amides is 1. The number of rotatable bonds is 6. The third-order valence-electron chi connectivity index (χ3n) is 3.09. The second-order valence-corrected chi connectivity index (χ2v) is 4.74. The maximum atomic E-state index is 11.8. The van der Waals surface area contributed by atoms with Crippen LogP contribution >= 0.6 is 0 Å². The van der Waals surface area contributed by atoms with Gasteiger partial charge in [0, 0.05) is 12.1 Å². The highest BCUT2D eigenvalue weighted by molar-refractivity contribution is 5.78. The first-order valence-corrected chi connectivity index (χ1v) is 6.78. The predicted octanol–water partition coefficient (Wildman–Crippen LogP) is 2.85. The fourth-order valence-corrected chi connectivity index (χ4v) is 1.92. The SMILES string of the molecule is C[C@@H](NC(=O)COc1ccc([N+](=O)[O-])cc1)c1ccccc1. The lowest BCUT2D eigenvalue weighted by atomic mass is 10.1. The highest BCUT2D eigenvalue weighted by atomic mass is 16.6. The Morgan fingerprint density at radius 2 is 1.82 bits per heavy atom. The largest absolute Gasteiger partial charge is 0.484 e. The van der Waals surface area contributed by atoms with Gasteiger partial charge in [0.15, 0.2) is 6.61 Å². The van der Waals surface area contributed by atoms with E-state index in [0.29, 0.717) is 5.75 Å². The normalized spacial score (nSPS) is 11.5. The minimum Gasteiger partial charge on any atom is -0.484 e. The van der Waals surface area contributed by atoms with E-state index in [0.717, 1.165) is 5.56 Å². The van der Waals surface area contributed by atoms with E-state index < -0.39 is 4.92 Å². The molecule has 0 bridgehead atoms. The average molecular weight is 300 g/mol. The molecule has 0 saturated carbocycles. The number of nitro groups is 1. The predicted molar refractivity (Wildman–Crippen MR) is 81.6 cm³/mol. The number of benzene rings is 2. The molecule has 2 aromatic rings. The van der Waals surface area contributed by atoms with Crippen LogP contribution in [0, 0.1) is 10.1 Å². The summed E-state index contributed by atoms with van der Waals surface area (Å²) in [5.41, 5.74) is 0.987. The lowest BCUT2D eigenvalue weighted by molar-refractivity contribution is -0.384. The smallest absolute Gasteiger partial charge is 0.269 e. The number of carbonyl (C=O) groups excluding carboxylic acids is 1. The van der Waals surface area contributed by atoms with Crippen molar-refractivity contribution in [1.82, 2.24) is 5.32 Å². The number of nitrogens with one attached hydrogen (secondary N) is 1. The third-order valence-corrected chi connectivity index (χ3v) is 3.09. The minimum atomic E-state index is -0.488. The second-order valence-electron chi connectivity index (χ2n) is 4.74. The van der Waals surface area contributed by atoms with Crippen molar-refractivity contribution in [1.29, 1.82) is 0 Å². The van der Waals surface area contributed by atoms with E-state index in [1.165, 1.54) is 24.3 Å². The average Bonchev–Trinajstić information content (AvgIpc) is 2.54. The maximum Gasteiger partial charge on any atom is 0.269 e.